The molecule has 3 nitrogen and oxygen atoms in total. The zero-order valence-electron chi connectivity index (χ0n) is 10.4. The molecule has 1 aliphatic rings. The van der Waals surface area contributed by atoms with Crippen molar-refractivity contribution in [3.8, 4) is 0 Å². The predicted molar refractivity (Wildman–Crippen MR) is 68.8 cm³/mol. The number of nitrogens with zero attached hydrogens (tertiary/aromatic N) is 1. The highest BCUT2D eigenvalue weighted by Gasteiger charge is 2.30. The highest BCUT2D eigenvalue weighted by molar-refractivity contribution is 9.09. The maximum Gasteiger partial charge on any atom is 0.225 e. The largest absolute Gasteiger partial charge is 0.371 e. The third kappa shape index (κ3) is 3.45. The number of carbonyl (C=O) groups excluding carboxylic acids is 1. The van der Waals surface area contributed by atoms with Gasteiger partial charge in [0.1, 0.15) is 0 Å². The van der Waals surface area contributed by atoms with Crippen molar-refractivity contribution in [2.45, 2.75) is 45.8 Å². The van der Waals surface area contributed by atoms with Crippen LogP contribution in [-0.4, -0.2) is 41.4 Å². The first-order valence-corrected chi connectivity index (χ1v) is 7.24. The lowest BCUT2D eigenvalue weighted by Crippen LogP contribution is -2.51. The van der Waals surface area contributed by atoms with E-state index in [9.17, 15) is 4.79 Å². The number of halogens is 1. The van der Waals surface area contributed by atoms with Gasteiger partial charge in [0.2, 0.25) is 5.91 Å². The second-order valence-corrected chi connectivity index (χ2v) is 5.13. The Hall–Kier alpha value is -0.0900. The van der Waals surface area contributed by atoms with Crippen molar-refractivity contribution in [2.24, 2.45) is 5.92 Å². The maximum absolute atomic E-state index is 12.2. The number of morpholine rings is 1. The Bertz CT molecular complexity index is 231. The summed E-state index contributed by atoms with van der Waals surface area (Å²) in [6, 6.07) is 0. The van der Waals surface area contributed by atoms with Crippen LogP contribution in [0.3, 0.4) is 0 Å². The molecule has 1 aliphatic heterocycles. The molecule has 1 amide bonds. The van der Waals surface area contributed by atoms with Crippen molar-refractivity contribution < 1.29 is 9.53 Å². The SMILES string of the molecule is CCC(CC)C(=O)N1CC(C)OC(CBr)C1. The van der Waals surface area contributed by atoms with Crippen LogP contribution < -0.4 is 0 Å². The van der Waals surface area contributed by atoms with Gasteiger partial charge in [0.25, 0.3) is 0 Å². The molecule has 1 fully saturated rings. The van der Waals surface area contributed by atoms with Gasteiger partial charge in [0, 0.05) is 24.3 Å². The van der Waals surface area contributed by atoms with E-state index in [1.807, 2.05) is 11.8 Å². The fourth-order valence-corrected chi connectivity index (χ4v) is 2.56. The second-order valence-electron chi connectivity index (χ2n) is 4.48. The van der Waals surface area contributed by atoms with Crippen LogP contribution in [-0.2, 0) is 9.53 Å². The van der Waals surface area contributed by atoms with Gasteiger partial charge in [-0.15, -0.1) is 0 Å². The number of carbonyl (C=O) groups is 1. The summed E-state index contributed by atoms with van der Waals surface area (Å²) in [6.45, 7) is 7.65. The smallest absolute Gasteiger partial charge is 0.225 e. The van der Waals surface area contributed by atoms with Crippen molar-refractivity contribution in [1.29, 1.82) is 0 Å². The second kappa shape index (κ2) is 6.60. The van der Waals surface area contributed by atoms with Gasteiger partial charge < -0.3 is 9.64 Å². The van der Waals surface area contributed by atoms with E-state index in [1.165, 1.54) is 0 Å². The van der Waals surface area contributed by atoms with Crippen molar-refractivity contribution in [3.63, 3.8) is 0 Å². The quantitative estimate of drug-likeness (QED) is 0.745. The molecule has 94 valence electrons. The molecule has 1 rings (SSSR count). The predicted octanol–water partition coefficient (Wildman–Crippen LogP) is 2.43. The standard InChI is InChI=1S/C12H22BrNO2/c1-4-10(5-2)12(15)14-7-9(3)16-11(6-13)8-14/h9-11H,4-8H2,1-3H3. The Balaban J connectivity index is 2.60. The first-order chi connectivity index (χ1) is 7.62. The molecule has 16 heavy (non-hydrogen) atoms. The van der Waals surface area contributed by atoms with E-state index in [2.05, 4.69) is 29.8 Å². The first-order valence-electron chi connectivity index (χ1n) is 6.12. The van der Waals surface area contributed by atoms with Crippen molar-refractivity contribution in [1.82, 2.24) is 4.90 Å². The molecule has 1 heterocycles. The van der Waals surface area contributed by atoms with Crippen LogP contribution >= 0.6 is 15.9 Å². The summed E-state index contributed by atoms with van der Waals surface area (Å²) < 4.78 is 5.72. The van der Waals surface area contributed by atoms with Crippen molar-refractivity contribution in [2.75, 3.05) is 18.4 Å². The van der Waals surface area contributed by atoms with Crippen LogP contribution in [0.1, 0.15) is 33.6 Å². The molecule has 0 saturated carbocycles. The van der Waals surface area contributed by atoms with Gasteiger partial charge in [0.15, 0.2) is 0 Å². The van der Waals surface area contributed by atoms with E-state index in [-0.39, 0.29) is 18.1 Å². The number of hydrogen-bond donors (Lipinski definition) is 0. The molecule has 4 heteroatoms. The Labute approximate surface area is 107 Å². The van der Waals surface area contributed by atoms with Crippen LogP contribution in [0, 0.1) is 5.92 Å². The summed E-state index contributed by atoms with van der Waals surface area (Å²) in [5, 5.41) is 0.796. The molecule has 0 spiro atoms. The topological polar surface area (TPSA) is 29.5 Å². The van der Waals surface area contributed by atoms with E-state index >= 15 is 0 Å². The van der Waals surface area contributed by atoms with Gasteiger partial charge in [-0.25, -0.2) is 0 Å². The molecular weight excluding hydrogens is 270 g/mol. The molecule has 0 radical (unpaired) electrons. The molecule has 2 unspecified atom stereocenters. The third-order valence-corrected chi connectivity index (χ3v) is 3.87. The van der Waals surface area contributed by atoms with Crippen LogP contribution in [0.2, 0.25) is 0 Å². The average Bonchev–Trinajstić information content (AvgIpc) is 2.29. The summed E-state index contributed by atoms with van der Waals surface area (Å²) in [7, 11) is 0. The summed E-state index contributed by atoms with van der Waals surface area (Å²) in [5.74, 6) is 0.479. The van der Waals surface area contributed by atoms with Crippen LogP contribution in [0.25, 0.3) is 0 Å². The molecule has 0 aromatic heterocycles. The maximum atomic E-state index is 12.2. The van der Waals surface area contributed by atoms with Gasteiger partial charge in [-0.3, -0.25) is 4.79 Å². The molecule has 2 atom stereocenters. The molecule has 0 aliphatic carbocycles. The fourth-order valence-electron chi connectivity index (χ4n) is 2.21. The fraction of sp³-hybridized carbons (Fsp3) is 0.917. The van der Waals surface area contributed by atoms with Gasteiger partial charge in [0.05, 0.1) is 12.2 Å². The van der Waals surface area contributed by atoms with E-state index in [0.29, 0.717) is 5.91 Å². The van der Waals surface area contributed by atoms with Gasteiger partial charge in [-0.2, -0.15) is 0 Å². The minimum absolute atomic E-state index is 0.141. The molecule has 0 aromatic carbocycles. The average molecular weight is 292 g/mol. The van der Waals surface area contributed by atoms with E-state index in [4.69, 9.17) is 4.74 Å². The summed E-state index contributed by atoms with van der Waals surface area (Å²) >= 11 is 3.42. The lowest BCUT2D eigenvalue weighted by Gasteiger charge is -2.37. The number of alkyl halides is 1. The Kier molecular flexibility index (Phi) is 5.76. The van der Waals surface area contributed by atoms with Crippen LogP contribution in [0.5, 0.6) is 0 Å². The Morgan fingerprint density at radius 3 is 2.56 bits per heavy atom. The summed E-state index contributed by atoms with van der Waals surface area (Å²) in [5.41, 5.74) is 0. The van der Waals surface area contributed by atoms with Gasteiger partial charge in [-0.05, 0) is 19.8 Å². The Morgan fingerprint density at radius 2 is 2.06 bits per heavy atom. The van der Waals surface area contributed by atoms with Crippen molar-refractivity contribution >= 4 is 21.8 Å². The zero-order valence-corrected chi connectivity index (χ0v) is 12.0. The van der Waals surface area contributed by atoms with Gasteiger partial charge >= 0.3 is 0 Å². The highest BCUT2D eigenvalue weighted by atomic mass is 79.9. The zero-order chi connectivity index (χ0) is 12.1. The van der Waals surface area contributed by atoms with E-state index < -0.39 is 0 Å². The van der Waals surface area contributed by atoms with Crippen LogP contribution in [0.15, 0.2) is 0 Å². The molecule has 0 N–H and O–H groups in total. The third-order valence-electron chi connectivity index (χ3n) is 3.14. The lowest BCUT2D eigenvalue weighted by atomic mass is 10.0. The van der Waals surface area contributed by atoms with Crippen molar-refractivity contribution in [3.05, 3.63) is 0 Å². The van der Waals surface area contributed by atoms with E-state index in [1.54, 1.807) is 0 Å². The normalized spacial score (nSPS) is 26.2. The first kappa shape index (κ1) is 14.0. The summed E-state index contributed by atoms with van der Waals surface area (Å²) in [4.78, 5) is 14.2. The molecule has 0 bridgehead atoms. The monoisotopic (exact) mass is 291 g/mol. The molecule has 1 saturated heterocycles. The molecular formula is C12H22BrNO2. The number of rotatable bonds is 4. The number of amides is 1. The minimum atomic E-state index is 0.141. The van der Waals surface area contributed by atoms with Crippen LogP contribution in [0.4, 0.5) is 0 Å². The lowest BCUT2D eigenvalue weighted by molar-refractivity contribution is -0.147. The summed E-state index contributed by atoms with van der Waals surface area (Å²) in [6.07, 6.45) is 2.15. The number of hydrogen-bond acceptors (Lipinski definition) is 2. The Morgan fingerprint density at radius 1 is 1.44 bits per heavy atom. The number of ether oxygens (including phenoxy) is 1. The van der Waals surface area contributed by atoms with Gasteiger partial charge in [-0.1, -0.05) is 29.8 Å². The minimum Gasteiger partial charge on any atom is -0.371 e. The van der Waals surface area contributed by atoms with E-state index in [0.717, 1.165) is 31.3 Å². The highest BCUT2D eigenvalue weighted by Crippen LogP contribution is 2.18. The molecule has 0 aromatic rings.